The van der Waals surface area contributed by atoms with Crippen LogP contribution in [0.15, 0.2) is 82.2 Å². The number of aromatic nitrogens is 2. The second-order valence-corrected chi connectivity index (χ2v) is 7.63. The Kier molecular flexibility index (Phi) is 5.64. The summed E-state index contributed by atoms with van der Waals surface area (Å²) in [6.45, 7) is 0. The number of rotatable bonds is 6. The Morgan fingerprint density at radius 3 is 2.25 bits per heavy atom. The molecule has 0 bridgehead atoms. The largest absolute Gasteiger partial charge is 0.497 e. The van der Waals surface area contributed by atoms with E-state index < -0.39 is 0 Å². The Morgan fingerprint density at radius 2 is 1.54 bits per heavy atom. The molecule has 0 unspecified atom stereocenters. The van der Waals surface area contributed by atoms with Crippen LogP contribution in [0.2, 0.25) is 0 Å². The Hall–Kier alpha value is -2.77. The number of anilines is 3. The first kappa shape index (κ1) is 18.6. The van der Waals surface area contributed by atoms with Gasteiger partial charge in [-0.3, -0.25) is 0 Å². The molecule has 0 radical (unpaired) electrons. The van der Waals surface area contributed by atoms with Crippen molar-refractivity contribution in [1.29, 1.82) is 0 Å². The number of hydrogen-bond donors (Lipinski definition) is 2. The van der Waals surface area contributed by atoms with E-state index in [1.165, 1.54) is 11.9 Å². The zero-order chi connectivity index (χ0) is 19.3. The van der Waals surface area contributed by atoms with Gasteiger partial charge in [0, 0.05) is 15.4 Å². The lowest BCUT2D eigenvalue weighted by molar-refractivity contribution is 0.415. The summed E-state index contributed by atoms with van der Waals surface area (Å²) < 4.78 is 9.57. The molecule has 140 valence electrons. The molecule has 4 rings (SSSR count). The zero-order valence-corrected chi connectivity index (χ0v) is 17.4. The number of benzene rings is 3. The van der Waals surface area contributed by atoms with Gasteiger partial charge in [0.05, 0.1) is 23.8 Å². The highest BCUT2D eigenvalue weighted by Crippen LogP contribution is 2.33. The van der Waals surface area contributed by atoms with Gasteiger partial charge in [-0.2, -0.15) is 0 Å². The van der Waals surface area contributed by atoms with E-state index in [1.807, 2.05) is 72.8 Å². The molecule has 1 heterocycles. The van der Waals surface area contributed by atoms with E-state index in [2.05, 4.69) is 26.0 Å². The van der Waals surface area contributed by atoms with Crippen molar-refractivity contribution < 1.29 is 4.74 Å². The van der Waals surface area contributed by atoms with Crippen molar-refractivity contribution in [1.82, 2.24) is 9.97 Å². The molecule has 2 N–H and O–H groups in total. The first-order valence-corrected chi connectivity index (χ1v) is 10.2. The minimum atomic E-state index is 0.635. The molecule has 5 nitrogen and oxygen atoms in total. The van der Waals surface area contributed by atoms with Crippen LogP contribution in [0.3, 0.4) is 0 Å². The van der Waals surface area contributed by atoms with Gasteiger partial charge in [-0.15, -0.1) is 0 Å². The average molecular weight is 453 g/mol. The van der Waals surface area contributed by atoms with Gasteiger partial charge in [0.1, 0.15) is 5.75 Å². The molecule has 7 heteroatoms. The fourth-order valence-corrected chi connectivity index (χ4v) is 3.60. The van der Waals surface area contributed by atoms with Crippen molar-refractivity contribution in [3.8, 4) is 5.75 Å². The molecule has 0 aliphatic rings. The maximum atomic E-state index is 5.34. The Labute approximate surface area is 175 Å². The lowest BCUT2D eigenvalue weighted by Crippen LogP contribution is -2.03. The predicted octanol–water partition coefficient (Wildman–Crippen LogP) is 6.26. The summed E-state index contributed by atoms with van der Waals surface area (Å²) in [5.74, 6) is 2.05. The number of hydrogen-bond acceptors (Lipinski definition) is 6. The second kappa shape index (κ2) is 8.50. The lowest BCUT2D eigenvalue weighted by Gasteiger charge is -2.14. The van der Waals surface area contributed by atoms with E-state index in [-0.39, 0.29) is 0 Å². The van der Waals surface area contributed by atoms with Gasteiger partial charge in [0.25, 0.3) is 0 Å². The fourth-order valence-electron chi connectivity index (χ4n) is 2.61. The Balaban J connectivity index is 1.71. The van der Waals surface area contributed by atoms with Gasteiger partial charge in [-0.25, -0.2) is 9.97 Å². The molecule has 0 amide bonds. The van der Waals surface area contributed by atoms with Crippen LogP contribution in [0.25, 0.3) is 11.0 Å². The monoisotopic (exact) mass is 452 g/mol. The number of para-hydroxylation sites is 2. The third-order valence-electron chi connectivity index (χ3n) is 4.01. The molecule has 0 spiro atoms. The summed E-state index contributed by atoms with van der Waals surface area (Å²) in [7, 11) is 1.65. The molecule has 3 aromatic carbocycles. The SMILES string of the molecule is COc1ccc(Br)c(Nc2nc3ccccc3nc2NSc2ccccc2)c1. The fraction of sp³-hybridized carbons (Fsp3) is 0.0476. The number of nitrogens with zero attached hydrogens (tertiary/aromatic N) is 2. The predicted molar refractivity (Wildman–Crippen MR) is 119 cm³/mol. The van der Waals surface area contributed by atoms with Crippen molar-refractivity contribution in [2.45, 2.75) is 4.90 Å². The van der Waals surface area contributed by atoms with Gasteiger partial charge in [-0.1, -0.05) is 30.3 Å². The third kappa shape index (κ3) is 4.21. The molecule has 0 fully saturated rings. The van der Waals surface area contributed by atoms with Crippen LogP contribution in [0, 0.1) is 0 Å². The van der Waals surface area contributed by atoms with Crippen LogP contribution in [-0.2, 0) is 0 Å². The molecular formula is C21H17BrN4OS. The zero-order valence-electron chi connectivity index (χ0n) is 15.0. The molecule has 0 aliphatic carbocycles. The smallest absolute Gasteiger partial charge is 0.180 e. The minimum Gasteiger partial charge on any atom is -0.497 e. The van der Waals surface area contributed by atoms with E-state index in [0.29, 0.717) is 11.6 Å². The van der Waals surface area contributed by atoms with Gasteiger partial charge in [-0.05, 0) is 64.3 Å². The summed E-state index contributed by atoms with van der Waals surface area (Å²) in [4.78, 5) is 10.6. The normalized spacial score (nSPS) is 10.6. The molecule has 0 aliphatic heterocycles. The van der Waals surface area contributed by atoms with Gasteiger partial charge in [0.2, 0.25) is 0 Å². The highest BCUT2D eigenvalue weighted by atomic mass is 79.9. The second-order valence-electron chi connectivity index (χ2n) is 5.90. The Bertz CT molecular complexity index is 1110. The number of ether oxygens (including phenoxy) is 1. The maximum Gasteiger partial charge on any atom is 0.180 e. The minimum absolute atomic E-state index is 0.635. The van der Waals surface area contributed by atoms with Crippen LogP contribution >= 0.6 is 27.9 Å². The van der Waals surface area contributed by atoms with E-state index in [0.717, 1.165) is 31.8 Å². The molecule has 1 aromatic heterocycles. The van der Waals surface area contributed by atoms with Crippen LogP contribution in [0.4, 0.5) is 17.3 Å². The summed E-state index contributed by atoms with van der Waals surface area (Å²) in [5.41, 5.74) is 2.49. The molecule has 4 aromatic rings. The lowest BCUT2D eigenvalue weighted by atomic mass is 10.3. The molecule has 28 heavy (non-hydrogen) atoms. The van der Waals surface area contributed by atoms with Crippen molar-refractivity contribution in [3.05, 3.63) is 77.3 Å². The van der Waals surface area contributed by atoms with E-state index in [1.54, 1.807) is 7.11 Å². The van der Waals surface area contributed by atoms with Crippen LogP contribution in [0.1, 0.15) is 0 Å². The van der Waals surface area contributed by atoms with Gasteiger partial charge < -0.3 is 14.8 Å². The quantitative estimate of drug-likeness (QED) is 0.336. The molecule has 0 saturated heterocycles. The maximum absolute atomic E-state index is 5.34. The van der Waals surface area contributed by atoms with Crippen molar-refractivity contribution in [2.24, 2.45) is 0 Å². The summed E-state index contributed by atoms with van der Waals surface area (Å²) in [5, 5.41) is 3.37. The standard InChI is InChI=1S/C21H17BrN4OS/c1-27-14-11-12-16(22)19(13-14)25-20-21(26-28-15-7-3-2-4-8-15)24-18-10-6-5-9-17(18)23-20/h2-13H,1H3,(H,23,25)(H,24,26). The highest BCUT2D eigenvalue weighted by molar-refractivity contribution is 9.10. The molecule has 0 saturated carbocycles. The van der Waals surface area contributed by atoms with Gasteiger partial charge >= 0.3 is 0 Å². The number of halogens is 1. The summed E-state index contributed by atoms with van der Waals surface area (Å²) in [6, 6.07) is 23.6. The van der Waals surface area contributed by atoms with Crippen LogP contribution in [0.5, 0.6) is 5.75 Å². The number of nitrogens with one attached hydrogen (secondary N) is 2. The topological polar surface area (TPSA) is 59.1 Å². The highest BCUT2D eigenvalue weighted by Gasteiger charge is 2.12. The average Bonchev–Trinajstić information content (AvgIpc) is 2.74. The van der Waals surface area contributed by atoms with E-state index >= 15 is 0 Å². The first-order valence-electron chi connectivity index (χ1n) is 8.58. The first-order chi connectivity index (χ1) is 13.7. The molecule has 0 atom stereocenters. The third-order valence-corrected chi connectivity index (χ3v) is 5.50. The van der Waals surface area contributed by atoms with E-state index in [9.17, 15) is 0 Å². The van der Waals surface area contributed by atoms with E-state index in [4.69, 9.17) is 14.7 Å². The van der Waals surface area contributed by atoms with Crippen LogP contribution in [-0.4, -0.2) is 17.1 Å². The van der Waals surface area contributed by atoms with Crippen molar-refractivity contribution >= 4 is 56.2 Å². The number of methoxy groups -OCH3 is 1. The van der Waals surface area contributed by atoms with Crippen molar-refractivity contribution in [2.75, 3.05) is 17.1 Å². The van der Waals surface area contributed by atoms with Gasteiger partial charge in [0.15, 0.2) is 11.6 Å². The number of fused-ring (bicyclic) bond motifs is 1. The van der Waals surface area contributed by atoms with Crippen LogP contribution < -0.4 is 14.8 Å². The van der Waals surface area contributed by atoms with Crippen molar-refractivity contribution in [3.63, 3.8) is 0 Å². The molecular weight excluding hydrogens is 436 g/mol. The Morgan fingerprint density at radius 1 is 0.857 bits per heavy atom. The summed E-state index contributed by atoms with van der Waals surface area (Å²) >= 11 is 5.07. The summed E-state index contributed by atoms with van der Waals surface area (Å²) in [6.07, 6.45) is 0.